The Labute approximate surface area is 210 Å². The zero-order valence-electron chi connectivity index (χ0n) is 21.5. The summed E-state index contributed by atoms with van der Waals surface area (Å²) in [5.74, 6) is 1.42. The van der Waals surface area contributed by atoms with Gasteiger partial charge in [-0.2, -0.15) is 0 Å². The topological polar surface area (TPSA) is 105 Å². The van der Waals surface area contributed by atoms with E-state index in [-0.39, 0.29) is 23.5 Å². The molecule has 2 amide bonds. The molecular weight excluding hydrogens is 458 g/mol. The lowest BCUT2D eigenvalue weighted by molar-refractivity contribution is -0.124. The third-order valence-corrected chi connectivity index (χ3v) is 6.65. The molecule has 190 valence electrons. The third-order valence-electron chi connectivity index (χ3n) is 6.65. The molecule has 5 heterocycles. The summed E-state index contributed by atoms with van der Waals surface area (Å²) in [6.45, 7) is 11.4. The van der Waals surface area contributed by atoms with E-state index in [2.05, 4.69) is 15.3 Å². The van der Waals surface area contributed by atoms with Crippen LogP contribution in [0, 0.1) is 5.41 Å². The number of likely N-dealkylation sites (tertiary alicyclic amines) is 1. The first kappa shape index (κ1) is 24.0. The first-order valence-corrected chi connectivity index (χ1v) is 12.4. The lowest BCUT2D eigenvalue weighted by Gasteiger charge is -2.24. The summed E-state index contributed by atoms with van der Waals surface area (Å²) in [6.07, 6.45) is 6.63. The number of pyridine rings is 1. The molecule has 0 bridgehead atoms. The maximum atomic E-state index is 12.8. The minimum Gasteiger partial charge on any atom is -0.444 e. The van der Waals surface area contributed by atoms with E-state index in [1.165, 1.54) is 0 Å². The van der Waals surface area contributed by atoms with Gasteiger partial charge in [-0.05, 0) is 45.7 Å². The van der Waals surface area contributed by atoms with Crippen molar-refractivity contribution in [2.24, 2.45) is 5.41 Å². The van der Waals surface area contributed by atoms with Crippen LogP contribution in [0.3, 0.4) is 0 Å². The number of aromatic nitrogens is 4. The fourth-order valence-electron chi connectivity index (χ4n) is 4.63. The molecule has 10 nitrogen and oxygen atoms in total. The molecule has 10 heteroatoms. The van der Waals surface area contributed by atoms with Crippen molar-refractivity contribution >= 4 is 29.3 Å². The van der Waals surface area contributed by atoms with Crippen molar-refractivity contribution in [1.82, 2.24) is 24.3 Å². The number of fused-ring (bicyclic) bond motifs is 1. The number of carbonyl (C=O) groups is 2. The number of imidazole rings is 1. The Morgan fingerprint density at radius 3 is 2.69 bits per heavy atom. The minimum absolute atomic E-state index is 0.0809. The first-order chi connectivity index (χ1) is 17.0. The number of nitrogens with one attached hydrogen (secondary N) is 1. The Morgan fingerprint density at radius 2 is 1.97 bits per heavy atom. The van der Waals surface area contributed by atoms with Crippen LogP contribution in [0.2, 0.25) is 0 Å². The highest BCUT2D eigenvalue weighted by Crippen LogP contribution is 2.33. The second kappa shape index (κ2) is 8.76. The molecule has 1 atom stereocenters. The number of amides is 2. The highest BCUT2D eigenvalue weighted by atomic mass is 16.6. The molecule has 0 saturated carbocycles. The summed E-state index contributed by atoms with van der Waals surface area (Å²) in [7, 11) is 0. The van der Waals surface area contributed by atoms with Crippen molar-refractivity contribution in [3.05, 3.63) is 36.8 Å². The van der Waals surface area contributed by atoms with E-state index in [1.54, 1.807) is 22.2 Å². The van der Waals surface area contributed by atoms with Gasteiger partial charge in [-0.25, -0.2) is 19.7 Å². The second-order valence-electron chi connectivity index (χ2n) is 11.2. The molecule has 1 unspecified atom stereocenters. The molecule has 36 heavy (non-hydrogen) atoms. The van der Waals surface area contributed by atoms with Crippen LogP contribution in [0.15, 0.2) is 36.8 Å². The van der Waals surface area contributed by atoms with Crippen LogP contribution >= 0.6 is 0 Å². The van der Waals surface area contributed by atoms with E-state index in [0.717, 1.165) is 30.0 Å². The van der Waals surface area contributed by atoms with Crippen molar-refractivity contribution in [3.63, 3.8) is 0 Å². The van der Waals surface area contributed by atoms with Crippen molar-refractivity contribution < 1.29 is 14.3 Å². The molecule has 0 radical (unpaired) electrons. The number of ether oxygens (including phenoxy) is 1. The molecule has 2 saturated heterocycles. The Kier molecular flexibility index (Phi) is 5.84. The third kappa shape index (κ3) is 4.72. The molecule has 0 aromatic carbocycles. The van der Waals surface area contributed by atoms with Gasteiger partial charge in [0.05, 0.1) is 30.0 Å². The van der Waals surface area contributed by atoms with Crippen LogP contribution in [0.25, 0.3) is 17.0 Å². The summed E-state index contributed by atoms with van der Waals surface area (Å²) in [5.41, 5.74) is 1.35. The average molecular weight is 492 g/mol. The van der Waals surface area contributed by atoms with E-state index in [0.29, 0.717) is 31.1 Å². The van der Waals surface area contributed by atoms with Gasteiger partial charge < -0.3 is 15.0 Å². The van der Waals surface area contributed by atoms with Gasteiger partial charge in [0, 0.05) is 31.1 Å². The maximum absolute atomic E-state index is 12.8. The SMILES string of the molecule is CC(C)(C)OC(=O)N1CCC(Nc2cccc(-c3cnc4cnc(N5CCC(C)(C)C5=O)cn34)n2)C1. The van der Waals surface area contributed by atoms with Crippen LogP contribution in [-0.4, -0.2) is 67.5 Å². The monoisotopic (exact) mass is 491 g/mol. The quantitative estimate of drug-likeness (QED) is 0.589. The molecule has 3 aromatic heterocycles. The normalized spacial score (nSPS) is 19.8. The van der Waals surface area contributed by atoms with Crippen LogP contribution in [0.1, 0.15) is 47.5 Å². The second-order valence-corrected chi connectivity index (χ2v) is 11.2. The number of rotatable bonds is 4. The molecular formula is C26H33N7O3. The lowest BCUT2D eigenvalue weighted by atomic mass is 9.92. The fourth-order valence-corrected chi connectivity index (χ4v) is 4.63. The van der Waals surface area contributed by atoms with Crippen molar-refractivity contribution in [3.8, 4) is 11.4 Å². The molecule has 2 aliphatic heterocycles. The lowest BCUT2D eigenvalue weighted by Crippen LogP contribution is -2.36. The molecule has 2 fully saturated rings. The zero-order chi connectivity index (χ0) is 25.7. The van der Waals surface area contributed by atoms with E-state index in [4.69, 9.17) is 9.72 Å². The van der Waals surface area contributed by atoms with Gasteiger partial charge in [0.25, 0.3) is 0 Å². The van der Waals surface area contributed by atoms with Crippen LogP contribution in [0.4, 0.5) is 16.4 Å². The number of hydrogen-bond acceptors (Lipinski definition) is 7. The summed E-state index contributed by atoms with van der Waals surface area (Å²) in [6, 6.07) is 5.88. The fraction of sp³-hybridized carbons (Fsp3) is 0.500. The minimum atomic E-state index is -0.514. The smallest absolute Gasteiger partial charge is 0.410 e. The first-order valence-electron chi connectivity index (χ1n) is 12.4. The highest BCUT2D eigenvalue weighted by molar-refractivity contribution is 5.98. The zero-order valence-corrected chi connectivity index (χ0v) is 21.5. The number of anilines is 2. The van der Waals surface area contributed by atoms with Gasteiger partial charge in [0.15, 0.2) is 11.5 Å². The van der Waals surface area contributed by atoms with Crippen LogP contribution < -0.4 is 10.2 Å². The van der Waals surface area contributed by atoms with Gasteiger partial charge in [0.1, 0.15) is 11.4 Å². The van der Waals surface area contributed by atoms with Crippen molar-refractivity contribution in [2.75, 3.05) is 29.9 Å². The van der Waals surface area contributed by atoms with Gasteiger partial charge in [0.2, 0.25) is 5.91 Å². The Balaban J connectivity index is 1.33. The number of hydrogen-bond donors (Lipinski definition) is 1. The number of nitrogens with zero attached hydrogens (tertiary/aromatic N) is 6. The van der Waals surface area contributed by atoms with Gasteiger partial charge in [-0.3, -0.25) is 14.1 Å². The Morgan fingerprint density at radius 1 is 1.17 bits per heavy atom. The standard InChI is InChI=1S/C26H33N7O3/c1-25(2,3)36-24(35)31-11-9-17(15-31)29-20-8-6-7-18(30-20)19-13-27-21-14-28-22(16-33(19)21)32-12-10-26(4,5)23(32)34/h6-8,13-14,16-17H,9-12,15H2,1-5H3,(H,29,30). The maximum Gasteiger partial charge on any atom is 0.410 e. The Hall–Kier alpha value is -3.69. The van der Waals surface area contributed by atoms with E-state index in [1.807, 2.05) is 63.4 Å². The average Bonchev–Trinajstić information content (AvgIpc) is 3.51. The Bertz CT molecular complexity index is 1310. The molecule has 0 spiro atoms. The summed E-state index contributed by atoms with van der Waals surface area (Å²) in [4.78, 5) is 42.5. The molecule has 2 aliphatic rings. The van der Waals surface area contributed by atoms with Gasteiger partial charge >= 0.3 is 6.09 Å². The van der Waals surface area contributed by atoms with Gasteiger partial charge in [-0.1, -0.05) is 19.9 Å². The highest BCUT2D eigenvalue weighted by Gasteiger charge is 2.40. The van der Waals surface area contributed by atoms with Crippen molar-refractivity contribution in [1.29, 1.82) is 0 Å². The summed E-state index contributed by atoms with van der Waals surface area (Å²) < 4.78 is 7.42. The van der Waals surface area contributed by atoms with Crippen LogP contribution in [-0.2, 0) is 9.53 Å². The molecule has 1 N–H and O–H groups in total. The summed E-state index contributed by atoms with van der Waals surface area (Å²) in [5, 5.41) is 3.45. The van der Waals surface area contributed by atoms with E-state index in [9.17, 15) is 9.59 Å². The predicted octanol–water partition coefficient (Wildman–Crippen LogP) is 3.98. The molecule has 3 aromatic rings. The largest absolute Gasteiger partial charge is 0.444 e. The predicted molar refractivity (Wildman–Crippen MR) is 137 cm³/mol. The van der Waals surface area contributed by atoms with Crippen LogP contribution in [0.5, 0.6) is 0 Å². The molecule has 5 rings (SSSR count). The molecule has 0 aliphatic carbocycles. The van der Waals surface area contributed by atoms with E-state index >= 15 is 0 Å². The van der Waals surface area contributed by atoms with Gasteiger partial charge in [-0.15, -0.1) is 0 Å². The summed E-state index contributed by atoms with van der Waals surface area (Å²) >= 11 is 0. The van der Waals surface area contributed by atoms with E-state index < -0.39 is 5.60 Å². The van der Waals surface area contributed by atoms with Crippen molar-refractivity contribution in [2.45, 2.75) is 59.1 Å². The number of carbonyl (C=O) groups excluding carboxylic acids is 2.